The van der Waals surface area contributed by atoms with Crippen molar-refractivity contribution in [3.63, 3.8) is 0 Å². The van der Waals surface area contributed by atoms with Crippen molar-refractivity contribution in [1.82, 2.24) is 5.32 Å². The zero-order valence-electron chi connectivity index (χ0n) is 12.4. The number of carbonyl (C=O) groups is 1. The monoisotopic (exact) mass is 263 g/mol. The maximum absolute atomic E-state index is 11.5. The molecule has 0 aliphatic rings. The summed E-state index contributed by atoms with van der Waals surface area (Å²) in [5.41, 5.74) is 2.51. The number of nitrogens with one attached hydrogen (secondary N) is 1. The van der Waals surface area contributed by atoms with Gasteiger partial charge in [-0.05, 0) is 25.3 Å². The summed E-state index contributed by atoms with van der Waals surface area (Å²) in [7, 11) is 0. The van der Waals surface area contributed by atoms with E-state index in [4.69, 9.17) is 4.74 Å². The summed E-state index contributed by atoms with van der Waals surface area (Å²) in [5.74, 6) is 0.236. The molecule has 0 aliphatic heterocycles. The molecule has 0 spiro atoms. The van der Waals surface area contributed by atoms with E-state index in [1.54, 1.807) is 0 Å². The van der Waals surface area contributed by atoms with E-state index in [1.807, 2.05) is 20.8 Å². The third-order valence-electron chi connectivity index (χ3n) is 2.79. The maximum Gasteiger partial charge on any atom is 0.306 e. The molecule has 0 radical (unpaired) electrons. The van der Waals surface area contributed by atoms with Crippen molar-refractivity contribution < 1.29 is 9.53 Å². The van der Waals surface area contributed by atoms with Gasteiger partial charge in [-0.15, -0.1) is 0 Å². The van der Waals surface area contributed by atoms with Crippen LogP contribution in [0.2, 0.25) is 0 Å². The van der Waals surface area contributed by atoms with Gasteiger partial charge in [-0.25, -0.2) is 0 Å². The number of benzene rings is 1. The van der Waals surface area contributed by atoms with Gasteiger partial charge in [-0.1, -0.05) is 43.7 Å². The van der Waals surface area contributed by atoms with E-state index in [9.17, 15) is 4.79 Å². The second-order valence-corrected chi connectivity index (χ2v) is 5.51. The largest absolute Gasteiger partial charge is 0.461 e. The summed E-state index contributed by atoms with van der Waals surface area (Å²) < 4.78 is 5.32. The van der Waals surface area contributed by atoms with Crippen molar-refractivity contribution in [3.05, 3.63) is 35.4 Å². The number of ether oxygens (including phenoxy) is 1. The van der Waals surface area contributed by atoms with E-state index < -0.39 is 0 Å². The number of esters is 1. The standard InChI is InChI=1S/C16H25NO2/c1-12(2)9-16(18)19-14(4)10-17-11-15-7-5-13(3)6-8-15/h5-8,12,14,17H,9-11H2,1-4H3. The van der Waals surface area contributed by atoms with Crippen molar-refractivity contribution in [2.75, 3.05) is 6.54 Å². The van der Waals surface area contributed by atoms with Gasteiger partial charge in [-0.3, -0.25) is 4.79 Å². The summed E-state index contributed by atoms with van der Waals surface area (Å²) in [5, 5.41) is 3.30. The fourth-order valence-corrected chi connectivity index (χ4v) is 1.77. The van der Waals surface area contributed by atoms with Gasteiger partial charge in [-0.2, -0.15) is 0 Å². The molecule has 0 heterocycles. The van der Waals surface area contributed by atoms with E-state index in [0.717, 1.165) is 6.54 Å². The van der Waals surface area contributed by atoms with Crippen LogP contribution in [0.5, 0.6) is 0 Å². The highest BCUT2D eigenvalue weighted by Gasteiger charge is 2.10. The minimum Gasteiger partial charge on any atom is -0.461 e. The van der Waals surface area contributed by atoms with Gasteiger partial charge in [0.1, 0.15) is 6.10 Å². The fraction of sp³-hybridized carbons (Fsp3) is 0.562. The molecular formula is C16H25NO2. The normalized spacial score (nSPS) is 12.5. The Hall–Kier alpha value is -1.35. The second-order valence-electron chi connectivity index (χ2n) is 5.51. The Morgan fingerprint density at radius 3 is 2.42 bits per heavy atom. The van der Waals surface area contributed by atoms with Crippen LogP contribution in [-0.2, 0) is 16.1 Å². The molecule has 0 bridgehead atoms. The molecule has 1 unspecified atom stereocenters. The lowest BCUT2D eigenvalue weighted by Gasteiger charge is -2.15. The van der Waals surface area contributed by atoms with Crippen LogP contribution in [0.25, 0.3) is 0 Å². The van der Waals surface area contributed by atoms with Gasteiger partial charge in [0.15, 0.2) is 0 Å². The van der Waals surface area contributed by atoms with E-state index in [2.05, 4.69) is 36.5 Å². The summed E-state index contributed by atoms with van der Waals surface area (Å²) in [6.07, 6.45) is 0.402. The quantitative estimate of drug-likeness (QED) is 0.768. The van der Waals surface area contributed by atoms with Crippen LogP contribution in [-0.4, -0.2) is 18.6 Å². The van der Waals surface area contributed by atoms with E-state index in [1.165, 1.54) is 11.1 Å². The Kier molecular flexibility index (Phi) is 6.57. The number of hydrogen-bond donors (Lipinski definition) is 1. The molecule has 0 aliphatic carbocycles. The summed E-state index contributed by atoms with van der Waals surface area (Å²) >= 11 is 0. The first-order chi connectivity index (χ1) is 8.97. The van der Waals surface area contributed by atoms with Crippen molar-refractivity contribution in [3.8, 4) is 0 Å². The summed E-state index contributed by atoms with van der Waals surface area (Å²) in [6.45, 7) is 9.50. The lowest BCUT2D eigenvalue weighted by atomic mass is 10.1. The van der Waals surface area contributed by atoms with Crippen molar-refractivity contribution in [2.45, 2.75) is 46.8 Å². The first-order valence-corrected chi connectivity index (χ1v) is 6.93. The molecule has 1 aromatic carbocycles. The van der Waals surface area contributed by atoms with E-state index >= 15 is 0 Å². The fourth-order valence-electron chi connectivity index (χ4n) is 1.77. The smallest absolute Gasteiger partial charge is 0.306 e. The van der Waals surface area contributed by atoms with Gasteiger partial charge in [0.2, 0.25) is 0 Å². The number of rotatable bonds is 7. The van der Waals surface area contributed by atoms with Gasteiger partial charge < -0.3 is 10.1 Å². The Labute approximate surface area is 116 Å². The molecule has 106 valence electrons. The molecule has 1 rings (SSSR count). The number of carbonyl (C=O) groups excluding carboxylic acids is 1. The molecule has 0 fully saturated rings. The van der Waals surface area contributed by atoms with Crippen LogP contribution < -0.4 is 5.32 Å². The van der Waals surface area contributed by atoms with Crippen molar-refractivity contribution in [2.24, 2.45) is 5.92 Å². The van der Waals surface area contributed by atoms with Crippen LogP contribution in [0.3, 0.4) is 0 Å². The Morgan fingerprint density at radius 2 is 1.84 bits per heavy atom. The lowest BCUT2D eigenvalue weighted by Crippen LogP contribution is -2.28. The average Bonchev–Trinajstić information content (AvgIpc) is 2.30. The minimum absolute atomic E-state index is 0.0864. The molecule has 3 heteroatoms. The molecule has 0 saturated carbocycles. The predicted octanol–water partition coefficient (Wildman–Crippen LogP) is 3.06. The predicted molar refractivity (Wildman–Crippen MR) is 77.9 cm³/mol. The van der Waals surface area contributed by atoms with Crippen molar-refractivity contribution in [1.29, 1.82) is 0 Å². The summed E-state index contributed by atoms with van der Waals surface area (Å²) in [6, 6.07) is 8.42. The van der Waals surface area contributed by atoms with Crippen LogP contribution in [0, 0.1) is 12.8 Å². The second kappa shape index (κ2) is 7.95. The number of hydrogen-bond acceptors (Lipinski definition) is 3. The average molecular weight is 263 g/mol. The van der Waals surface area contributed by atoms with E-state index in [-0.39, 0.29) is 12.1 Å². The molecule has 0 aromatic heterocycles. The molecule has 0 saturated heterocycles. The molecule has 1 aromatic rings. The van der Waals surface area contributed by atoms with Gasteiger partial charge in [0.05, 0.1) is 0 Å². The highest BCUT2D eigenvalue weighted by Crippen LogP contribution is 2.04. The minimum atomic E-state index is -0.111. The first kappa shape index (κ1) is 15.7. The Morgan fingerprint density at radius 1 is 1.21 bits per heavy atom. The first-order valence-electron chi connectivity index (χ1n) is 6.93. The topological polar surface area (TPSA) is 38.3 Å². The zero-order valence-corrected chi connectivity index (χ0v) is 12.4. The van der Waals surface area contributed by atoms with Crippen LogP contribution in [0.4, 0.5) is 0 Å². The van der Waals surface area contributed by atoms with E-state index in [0.29, 0.717) is 18.9 Å². The molecule has 3 nitrogen and oxygen atoms in total. The highest BCUT2D eigenvalue weighted by atomic mass is 16.5. The zero-order chi connectivity index (χ0) is 14.3. The van der Waals surface area contributed by atoms with Crippen LogP contribution in [0.15, 0.2) is 24.3 Å². The van der Waals surface area contributed by atoms with Crippen LogP contribution in [0.1, 0.15) is 38.3 Å². The third kappa shape index (κ3) is 6.97. The molecule has 1 atom stereocenters. The molecular weight excluding hydrogens is 238 g/mol. The third-order valence-corrected chi connectivity index (χ3v) is 2.79. The SMILES string of the molecule is Cc1ccc(CNCC(C)OC(=O)CC(C)C)cc1. The Balaban J connectivity index is 2.21. The molecule has 19 heavy (non-hydrogen) atoms. The lowest BCUT2D eigenvalue weighted by molar-refractivity contribution is -0.148. The van der Waals surface area contributed by atoms with Gasteiger partial charge in [0.25, 0.3) is 0 Å². The van der Waals surface area contributed by atoms with Gasteiger partial charge >= 0.3 is 5.97 Å². The summed E-state index contributed by atoms with van der Waals surface area (Å²) in [4.78, 5) is 11.5. The number of aryl methyl sites for hydroxylation is 1. The Bertz CT molecular complexity index is 384. The highest BCUT2D eigenvalue weighted by molar-refractivity contribution is 5.69. The van der Waals surface area contributed by atoms with Crippen LogP contribution >= 0.6 is 0 Å². The van der Waals surface area contributed by atoms with Gasteiger partial charge in [0, 0.05) is 19.5 Å². The maximum atomic E-state index is 11.5. The molecule has 1 N–H and O–H groups in total. The molecule has 0 amide bonds. The van der Waals surface area contributed by atoms with Crippen molar-refractivity contribution >= 4 is 5.97 Å².